The summed E-state index contributed by atoms with van der Waals surface area (Å²) in [5, 5.41) is 0. The van der Waals surface area contributed by atoms with E-state index in [1.165, 1.54) is 10.5 Å². The van der Waals surface area contributed by atoms with Gasteiger partial charge in [0.1, 0.15) is 0 Å². The number of hydrogen-bond acceptors (Lipinski definition) is 2. The minimum Gasteiger partial charge on any atom is -0.274 e. The molecule has 25 heavy (non-hydrogen) atoms. The van der Waals surface area contributed by atoms with Gasteiger partial charge in [-0.2, -0.15) is 0 Å². The highest BCUT2D eigenvalue weighted by atomic mass is 16.2. The number of benzene rings is 2. The molecule has 0 radical (unpaired) electrons. The zero-order valence-corrected chi connectivity index (χ0v) is 14.7. The fourth-order valence-corrected chi connectivity index (χ4v) is 4.50. The van der Waals surface area contributed by atoms with Crippen LogP contribution < -0.4 is 4.90 Å². The maximum Gasteiger partial charge on any atom is 0.237 e. The number of aryl methyl sites for hydroxylation is 2. The van der Waals surface area contributed by atoms with Gasteiger partial charge in [0.25, 0.3) is 0 Å². The number of hydrogen-bond donors (Lipinski definition) is 0. The van der Waals surface area contributed by atoms with E-state index in [2.05, 4.69) is 12.1 Å². The summed E-state index contributed by atoms with van der Waals surface area (Å²) in [4.78, 5) is 27.5. The average molecular weight is 333 g/mol. The number of rotatable bonds is 2. The molecule has 0 unspecified atom stereocenters. The standard InChI is InChI=1S/C22H23NO2/c1-14-8-11-20(15(2)12-14)23-21(24)18-10-9-17(13-19(18)22(23)25)16-6-4-3-5-7-16/h3-8,11-12,17-19H,9-10,13H2,1-2H3/t17-,18-,19+/m1/s1. The lowest BCUT2D eigenvalue weighted by Crippen LogP contribution is -2.31. The molecule has 2 aliphatic rings. The zero-order chi connectivity index (χ0) is 17.6. The maximum atomic E-state index is 13.1. The predicted molar refractivity (Wildman–Crippen MR) is 98.4 cm³/mol. The van der Waals surface area contributed by atoms with E-state index in [0.717, 1.165) is 36.1 Å². The average Bonchev–Trinajstić information content (AvgIpc) is 2.87. The van der Waals surface area contributed by atoms with E-state index in [0.29, 0.717) is 5.92 Å². The molecule has 2 fully saturated rings. The van der Waals surface area contributed by atoms with Crippen molar-refractivity contribution in [1.29, 1.82) is 0 Å². The Morgan fingerprint density at radius 1 is 0.880 bits per heavy atom. The second kappa shape index (κ2) is 6.14. The van der Waals surface area contributed by atoms with E-state index in [-0.39, 0.29) is 23.7 Å². The van der Waals surface area contributed by atoms with Gasteiger partial charge in [-0.05, 0) is 56.2 Å². The molecule has 1 heterocycles. The van der Waals surface area contributed by atoms with Gasteiger partial charge < -0.3 is 0 Å². The largest absolute Gasteiger partial charge is 0.274 e. The van der Waals surface area contributed by atoms with Crippen molar-refractivity contribution in [3.63, 3.8) is 0 Å². The smallest absolute Gasteiger partial charge is 0.237 e. The number of carbonyl (C=O) groups is 2. The third-order valence-electron chi connectivity index (χ3n) is 5.79. The van der Waals surface area contributed by atoms with Gasteiger partial charge >= 0.3 is 0 Å². The summed E-state index contributed by atoms with van der Waals surface area (Å²) in [6, 6.07) is 16.3. The molecule has 2 amide bonds. The van der Waals surface area contributed by atoms with Gasteiger partial charge in [-0.25, -0.2) is 4.90 Å². The molecule has 3 nitrogen and oxygen atoms in total. The van der Waals surface area contributed by atoms with Crippen LogP contribution in [0.4, 0.5) is 5.69 Å². The van der Waals surface area contributed by atoms with Crippen molar-refractivity contribution in [1.82, 2.24) is 0 Å². The van der Waals surface area contributed by atoms with Crippen LogP contribution in [0.1, 0.15) is 41.9 Å². The Hall–Kier alpha value is -2.42. The predicted octanol–water partition coefficient (Wildman–Crippen LogP) is 4.38. The lowest BCUT2D eigenvalue weighted by atomic mass is 9.73. The Morgan fingerprint density at radius 2 is 1.60 bits per heavy atom. The highest BCUT2D eigenvalue weighted by Gasteiger charge is 2.50. The number of fused-ring (bicyclic) bond motifs is 1. The van der Waals surface area contributed by atoms with Crippen LogP contribution >= 0.6 is 0 Å². The Bertz CT molecular complexity index is 827. The van der Waals surface area contributed by atoms with E-state index in [9.17, 15) is 9.59 Å². The number of nitrogens with zero attached hydrogens (tertiary/aromatic N) is 1. The third kappa shape index (κ3) is 2.68. The van der Waals surface area contributed by atoms with Crippen molar-refractivity contribution < 1.29 is 9.59 Å². The molecule has 0 aromatic heterocycles. The minimum absolute atomic E-state index is 0.00605. The molecular formula is C22H23NO2. The molecule has 2 aromatic carbocycles. The first-order chi connectivity index (χ1) is 12.1. The highest BCUT2D eigenvalue weighted by Crippen LogP contribution is 2.46. The molecule has 0 N–H and O–H groups in total. The summed E-state index contributed by atoms with van der Waals surface area (Å²) < 4.78 is 0. The molecule has 3 atom stereocenters. The number of amides is 2. The minimum atomic E-state index is -0.174. The van der Waals surface area contributed by atoms with Gasteiger partial charge in [-0.1, -0.05) is 48.0 Å². The molecule has 3 heteroatoms. The van der Waals surface area contributed by atoms with Crippen LogP contribution in [0.3, 0.4) is 0 Å². The summed E-state index contributed by atoms with van der Waals surface area (Å²) in [5.41, 5.74) is 4.17. The van der Waals surface area contributed by atoms with Crippen LogP contribution in [0.5, 0.6) is 0 Å². The lowest BCUT2D eigenvalue weighted by molar-refractivity contribution is -0.122. The van der Waals surface area contributed by atoms with E-state index >= 15 is 0 Å². The van der Waals surface area contributed by atoms with E-state index < -0.39 is 0 Å². The van der Waals surface area contributed by atoms with E-state index in [1.807, 2.05) is 50.2 Å². The Labute approximate surface area is 148 Å². The molecule has 128 valence electrons. The summed E-state index contributed by atoms with van der Waals surface area (Å²) in [5.74, 6) is 0.0367. The van der Waals surface area contributed by atoms with Crippen molar-refractivity contribution >= 4 is 17.5 Å². The highest BCUT2D eigenvalue weighted by molar-refractivity contribution is 6.22. The van der Waals surface area contributed by atoms with Crippen molar-refractivity contribution in [2.75, 3.05) is 4.90 Å². The molecule has 0 spiro atoms. The number of imide groups is 1. The quantitative estimate of drug-likeness (QED) is 0.765. The fraction of sp³-hybridized carbons (Fsp3) is 0.364. The van der Waals surface area contributed by atoms with Crippen LogP contribution in [-0.2, 0) is 9.59 Å². The summed E-state index contributed by atoms with van der Waals surface area (Å²) >= 11 is 0. The topological polar surface area (TPSA) is 37.4 Å². The normalized spacial score (nSPS) is 26.0. The van der Waals surface area contributed by atoms with Crippen LogP contribution in [0, 0.1) is 25.7 Å². The Kier molecular flexibility index (Phi) is 3.95. The molecule has 1 aliphatic heterocycles. The zero-order valence-electron chi connectivity index (χ0n) is 14.7. The first-order valence-corrected chi connectivity index (χ1v) is 9.06. The van der Waals surface area contributed by atoms with Gasteiger partial charge in [-0.15, -0.1) is 0 Å². The third-order valence-corrected chi connectivity index (χ3v) is 5.79. The van der Waals surface area contributed by atoms with Crippen molar-refractivity contribution in [2.24, 2.45) is 11.8 Å². The first kappa shape index (κ1) is 16.1. The monoisotopic (exact) mass is 333 g/mol. The van der Waals surface area contributed by atoms with Gasteiger partial charge in [-0.3, -0.25) is 9.59 Å². The maximum absolute atomic E-state index is 13.1. The molecule has 0 bridgehead atoms. The molecule has 4 rings (SSSR count). The van der Waals surface area contributed by atoms with Crippen molar-refractivity contribution in [3.8, 4) is 0 Å². The molecule has 2 aromatic rings. The van der Waals surface area contributed by atoms with Gasteiger partial charge in [0, 0.05) is 0 Å². The lowest BCUT2D eigenvalue weighted by Gasteiger charge is -2.28. The Balaban J connectivity index is 1.63. The SMILES string of the molecule is Cc1ccc(N2C(=O)[C@H]3C[C@H](c4ccccc4)CC[C@H]3C2=O)c(C)c1. The van der Waals surface area contributed by atoms with Crippen molar-refractivity contribution in [3.05, 3.63) is 65.2 Å². The molecular weight excluding hydrogens is 310 g/mol. The summed E-state index contributed by atoms with van der Waals surface area (Å²) in [7, 11) is 0. The van der Waals surface area contributed by atoms with Crippen LogP contribution in [0.15, 0.2) is 48.5 Å². The molecule has 1 saturated heterocycles. The van der Waals surface area contributed by atoms with Gasteiger partial charge in [0.15, 0.2) is 0 Å². The van der Waals surface area contributed by atoms with Crippen LogP contribution in [-0.4, -0.2) is 11.8 Å². The van der Waals surface area contributed by atoms with Crippen LogP contribution in [0.2, 0.25) is 0 Å². The first-order valence-electron chi connectivity index (χ1n) is 9.06. The number of anilines is 1. The van der Waals surface area contributed by atoms with Crippen LogP contribution in [0.25, 0.3) is 0 Å². The second-order valence-electron chi connectivity index (χ2n) is 7.44. The summed E-state index contributed by atoms with van der Waals surface area (Å²) in [6.07, 6.45) is 2.56. The van der Waals surface area contributed by atoms with E-state index in [4.69, 9.17) is 0 Å². The Morgan fingerprint density at radius 3 is 2.32 bits per heavy atom. The van der Waals surface area contributed by atoms with E-state index in [1.54, 1.807) is 0 Å². The second-order valence-corrected chi connectivity index (χ2v) is 7.44. The van der Waals surface area contributed by atoms with Gasteiger partial charge in [0.05, 0.1) is 17.5 Å². The van der Waals surface area contributed by atoms with Gasteiger partial charge in [0.2, 0.25) is 11.8 Å². The van der Waals surface area contributed by atoms with Crippen molar-refractivity contribution in [2.45, 2.75) is 39.0 Å². The molecule has 1 aliphatic carbocycles. The fourth-order valence-electron chi connectivity index (χ4n) is 4.50. The summed E-state index contributed by atoms with van der Waals surface area (Å²) in [6.45, 7) is 3.99. The number of carbonyl (C=O) groups excluding carboxylic acids is 2. The molecule has 1 saturated carbocycles.